The molecule has 7 heteroatoms. The van der Waals surface area contributed by atoms with Crippen molar-refractivity contribution in [3.05, 3.63) is 54.5 Å². The van der Waals surface area contributed by atoms with Gasteiger partial charge in [0.05, 0.1) is 5.69 Å². The van der Waals surface area contributed by atoms with Crippen molar-refractivity contribution < 1.29 is 8.42 Å². The molecule has 0 saturated heterocycles. The zero-order valence-corrected chi connectivity index (χ0v) is 14.6. The molecular weight excluding hydrogens is 324 g/mol. The van der Waals surface area contributed by atoms with Gasteiger partial charge in [-0.05, 0) is 30.7 Å². The Labute approximate surface area is 141 Å². The van der Waals surface area contributed by atoms with Gasteiger partial charge in [-0.25, -0.2) is 8.42 Å². The van der Waals surface area contributed by atoms with Crippen molar-refractivity contribution in [3.63, 3.8) is 0 Å². The number of aromatic nitrogens is 3. The van der Waals surface area contributed by atoms with Gasteiger partial charge in [0.15, 0.2) is 5.65 Å². The van der Waals surface area contributed by atoms with Crippen LogP contribution >= 0.6 is 0 Å². The van der Waals surface area contributed by atoms with Gasteiger partial charge in [-0.1, -0.05) is 32.0 Å². The van der Waals surface area contributed by atoms with E-state index in [1.54, 1.807) is 22.7 Å². The number of hydrogen-bond donors (Lipinski definition) is 0. The second-order valence-electron chi connectivity index (χ2n) is 5.48. The summed E-state index contributed by atoms with van der Waals surface area (Å²) in [5.41, 5.74) is 1.31. The van der Waals surface area contributed by atoms with Crippen LogP contribution in [0.25, 0.3) is 5.65 Å². The van der Waals surface area contributed by atoms with E-state index in [0.29, 0.717) is 24.3 Å². The van der Waals surface area contributed by atoms with Crippen LogP contribution in [0.3, 0.4) is 0 Å². The van der Waals surface area contributed by atoms with Crippen LogP contribution in [0, 0.1) is 0 Å². The number of benzene rings is 1. The fourth-order valence-electron chi connectivity index (χ4n) is 2.63. The van der Waals surface area contributed by atoms with E-state index < -0.39 is 10.0 Å². The summed E-state index contributed by atoms with van der Waals surface area (Å²) in [7, 11) is -3.65. The highest BCUT2D eigenvalue weighted by Gasteiger charge is 2.25. The summed E-state index contributed by atoms with van der Waals surface area (Å²) >= 11 is 0. The standard InChI is InChI=1S/C17H20N4O2S/c1-3-12-21(14-8-6-5-7-9-14)24(22,23)15-10-11-17-19-18-16(4-2)20(17)13-15/h5-11,13H,3-4,12H2,1-2H3. The van der Waals surface area contributed by atoms with Crippen molar-refractivity contribution in [3.8, 4) is 0 Å². The molecule has 3 rings (SSSR count). The molecule has 0 atom stereocenters. The summed E-state index contributed by atoms with van der Waals surface area (Å²) in [4.78, 5) is 0.238. The quantitative estimate of drug-likeness (QED) is 0.689. The van der Waals surface area contributed by atoms with E-state index >= 15 is 0 Å². The minimum Gasteiger partial charge on any atom is -0.285 e. The first-order chi connectivity index (χ1) is 11.6. The van der Waals surface area contributed by atoms with E-state index in [1.807, 2.05) is 44.2 Å². The van der Waals surface area contributed by atoms with Crippen LogP contribution in [0.2, 0.25) is 0 Å². The number of para-hydroxylation sites is 1. The molecule has 126 valence electrons. The Hall–Kier alpha value is -2.41. The number of sulfonamides is 1. The maximum atomic E-state index is 13.2. The molecule has 0 fully saturated rings. The highest BCUT2D eigenvalue weighted by atomic mass is 32.2. The molecule has 2 heterocycles. The lowest BCUT2D eigenvalue weighted by Crippen LogP contribution is -2.32. The molecular formula is C17H20N4O2S. The van der Waals surface area contributed by atoms with E-state index in [4.69, 9.17) is 0 Å². The molecule has 2 aromatic heterocycles. The Kier molecular flexibility index (Phi) is 4.53. The molecule has 1 aromatic carbocycles. The summed E-state index contributed by atoms with van der Waals surface area (Å²) in [5, 5.41) is 8.14. The molecule has 0 aliphatic heterocycles. The van der Waals surface area contributed by atoms with E-state index in [1.165, 1.54) is 4.31 Å². The Morgan fingerprint density at radius 3 is 2.46 bits per heavy atom. The van der Waals surface area contributed by atoms with Crippen LogP contribution in [0.1, 0.15) is 26.1 Å². The van der Waals surface area contributed by atoms with Crippen molar-refractivity contribution in [1.29, 1.82) is 0 Å². The molecule has 0 aliphatic rings. The summed E-state index contributed by atoms with van der Waals surface area (Å²) < 4.78 is 29.5. The first-order valence-electron chi connectivity index (χ1n) is 7.99. The Balaban J connectivity index is 2.11. The summed E-state index contributed by atoms with van der Waals surface area (Å²) in [6.07, 6.45) is 3.01. The highest BCUT2D eigenvalue weighted by Crippen LogP contribution is 2.24. The third kappa shape index (κ3) is 2.87. The number of nitrogens with zero attached hydrogens (tertiary/aromatic N) is 4. The average Bonchev–Trinajstić information content (AvgIpc) is 3.02. The lowest BCUT2D eigenvalue weighted by atomic mass is 10.3. The van der Waals surface area contributed by atoms with Gasteiger partial charge in [0.1, 0.15) is 10.7 Å². The minimum atomic E-state index is -3.65. The van der Waals surface area contributed by atoms with Gasteiger partial charge in [0.25, 0.3) is 10.0 Å². The third-order valence-electron chi connectivity index (χ3n) is 3.82. The second kappa shape index (κ2) is 6.60. The van der Waals surface area contributed by atoms with Crippen LogP contribution in [-0.2, 0) is 16.4 Å². The summed E-state index contributed by atoms with van der Waals surface area (Å²) in [5.74, 6) is 0.740. The topological polar surface area (TPSA) is 67.6 Å². The van der Waals surface area contributed by atoms with Crippen molar-refractivity contribution >= 4 is 21.4 Å². The van der Waals surface area contributed by atoms with Gasteiger partial charge in [-0.15, -0.1) is 10.2 Å². The maximum absolute atomic E-state index is 13.2. The molecule has 0 spiro atoms. The van der Waals surface area contributed by atoms with E-state index in [9.17, 15) is 8.42 Å². The number of anilines is 1. The number of aryl methyl sites for hydroxylation is 1. The van der Waals surface area contributed by atoms with Crippen molar-refractivity contribution in [2.75, 3.05) is 10.8 Å². The van der Waals surface area contributed by atoms with Crippen LogP contribution in [0.4, 0.5) is 5.69 Å². The monoisotopic (exact) mass is 344 g/mol. The van der Waals surface area contributed by atoms with Crippen molar-refractivity contribution in [2.45, 2.75) is 31.6 Å². The minimum absolute atomic E-state index is 0.238. The second-order valence-corrected chi connectivity index (χ2v) is 7.34. The van der Waals surface area contributed by atoms with Crippen LogP contribution in [0.5, 0.6) is 0 Å². The number of hydrogen-bond acceptors (Lipinski definition) is 4. The Bertz CT molecular complexity index is 936. The number of pyridine rings is 1. The molecule has 0 unspecified atom stereocenters. The molecule has 6 nitrogen and oxygen atoms in total. The fraction of sp³-hybridized carbons (Fsp3) is 0.294. The molecule has 0 amide bonds. The van der Waals surface area contributed by atoms with E-state index in [-0.39, 0.29) is 4.90 Å². The molecule has 0 aliphatic carbocycles. The molecule has 3 aromatic rings. The molecule has 24 heavy (non-hydrogen) atoms. The highest BCUT2D eigenvalue weighted by molar-refractivity contribution is 7.92. The molecule has 0 radical (unpaired) electrons. The molecule has 0 N–H and O–H groups in total. The summed E-state index contributed by atoms with van der Waals surface area (Å²) in [6.45, 7) is 4.35. The maximum Gasteiger partial charge on any atom is 0.265 e. The van der Waals surface area contributed by atoms with Gasteiger partial charge in [-0.3, -0.25) is 8.71 Å². The third-order valence-corrected chi connectivity index (χ3v) is 5.63. The zero-order chi connectivity index (χ0) is 17.2. The largest absolute Gasteiger partial charge is 0.285 e. The van der Waals surface area contributed by atoms with Crippen LogP contribution < -0.4 is 4.31 Å². The zero-order valence-electron chi connectivity index (χ0n) is 13.8. The smallest absolute Gasteiger partial charge is 0.265 e. The Morgan fingerprint density at radius 1 is 1.04 bits per heavy atom. The van der Waals surface area contributed by atoms with Gasteiger partial charge in [0.2, 0.25) is 0 Å². The van der Waals surface area contributed by atoms with Gasteiger partial charge in [0, 0.05) is 19.2 Å². The molecule has 0 saturated carbocycles. The number of fused-ring (bicyclic) bond motifs is 1. The van der Waals surface area contributed by atoms with Gasteiger partial charge < -0.3 is 0 Å². The Morgan fingerprint density at radius 2 is 1.79 bits per heavy atom. The van der Waals surface area contributed by atoms with E-state index in [0.717, 1.165) is 12.2 Å². The lowest BCUT2D eigenvalue weighted by molar-refractivity contribution is 0.589. The van der Waals surface area contributed by atoms with Crippen molar-refractivity contribution in [1.82, 2.24) is 14.6 Å². The summed E-state index contributed by atoms with van der Waals surface area (Å²) in [6, 6.07) is 12.4. The first-order valence-corrected chi connectivity index (χ1v) is 9.43. The van der Waals surface area contributed by atoms with E-state index in [2.05, 4.69) is 10.2 Å². The lowest BCUT2D eigenvalue weighted by Gasteiger charge is -2.24. The fourth-order valence-corrected chi connectivity index (χ4v) is 4.18. The van der Waals surface area contributed by atoms with Crippen LogP contribution in [0.15, 0.2) is 53.6 Å². The first kappa shape index (κ1) is 16.4. The van der Waals surface area contributed by atoms with Gasteiger partial charge >= 0.3 is 0 Å². The molecule has 0 bridgehead atoms. The predicted octanol–water partition coefficient (Wildman–Crippen LogP) is 2.90. The SMILES string of the molecule is CCCN(c1ccccc1)S(=O)(=O)c1ccc2nnc(CC)n2c1. The van der Waals surface area contributed by atoms with Gasteiger partial charge in [-0.2, -0.15) is 0 Å². The number of rotatable bonds is 6. The van der Waals surface area contributed by atoms with Crippen LogP contribution in [-0.4, -0.2) is 29.6 Å². The normalized spacial score (nSPS) is 11.8. The predicted molar refractivity (Wildman–Crippen MR) is 93.6 cm³/mol. The van der Waals surface area contributed by atoms with Crippen molar-refractivity contribution in [2.24, 2.45) is 0 Å². The average molecular weight is 344 g/mol.